The molecule has 0 radical (unpaired) electrons. The van der Waals surface area contributed by atoms with Crippen molar-refractivity contribution in [2.45, 2.75) is 200 Å². The standard InChI is InChI=1S/C36H41ClFN5O4S.C32H33ClFN5O3.C29H37FN4O3S.ClH/c1-35(2,3)48(46)42-36(17-16-23-8-9-23,25-7-5-6-24(18-25)21-39)26-10-15-30(38)31(19-26)41-33(44)32-20-29(47-4)22-43(32)34(45)40-28-13-11-27(37)12-14-28;1-42-26-17-29(39(19-26)31(41)37-25-10-8-24(33)9-11-25)30(40)38-28-16-23(7-12-27(28)34)32(36,14-13-20-5-6-20)22-4-2-3-21(15-22)18-35;1-28(2,3)38(36)34-29(13-12-19-8-9-19,21-7-5-6-20(14-21)17-31)22-10-11-24(30)25(15-22)33-27(35)26-16-23(37-4)18-32-26;/h5-7,10-15,18-19,23,29,32,42H,8-9,16-17,20,22H2,1-4H3,(H,40,45)(H,41,44);2-4,7-12,15-16,20,26,29H,5-6,13-14,17,19,36H2,1H3,(H,37,41)(H,38,40);5-7,10-11,14-15,19,23,26,32,34H,8-9,12-13,16,18H2,1-4H3,(H,33,35);1H/t29-,32-,36?,48-;26-,29-,32?;23-,26-,29?,38-;/m111./s1. The molecular weight excluding hydrogens is 1750 g/mol. The fourth-order valence-electron chi connectivity index (χ4n) is 16.1. The van der Waals surface area contributed by atoms with Crippen LogP contribution in [0.5, 0.6) is 0 Å². The van der Waals surface area contributed by atoms with Crippen molar-refractivity contribution >= 4 is 116 Å². The number of anilines is 5. The van der Waals surface area contributed by atoms with Gasteiger partial charge in [0.05, 0.1) is 124 Å². The number of halogens is 6. The number of hydrogen-bond acceptors (Lipinski definition) is 15. The van der Waals surface area contributed by atoms with Gasteiger partial charge < -0.3 is 61.6 Å². The average molecular weight is 1860 g/mol. The molecule has 10 N–H and O–H groups in total. The van der Waals surface area contributed by atoms with Crippen LogP contribution in [0.4, 0.5) is 51.2 Å². The van der Waals surface area contributed by atoms with Crippen molar-refractivity contribution in [1.82, 2.24) is 24.6 Å². The van der Waals surface area contributed by atoms with Crippen LogP contribution in [0.25, 0.3) is 0 Å². The van der Waals surface area contributed by atoms with Crippen molar-refractivity contribution < 1.29 is 59.8 Å². The third-order valence-corrected chi connectivity index (χ3v) is 28.2. The van der Waals surface area contributed by atoms with Crippen LogP contribution in [0, 0.1) is 69.2 Å². The predicted octanol–water partition coefficient (Wildman–Crippen LogP) is 18.0. The maximum absolute atomic E-state index is 15.6. The van der Waals surface area contributed by atoms with Crippen LogP contribution in [0.2, 0.25) is 10.0 Å². The van der Waals surface area contributed by atoms with Gasteiger partial charge in [-0.3, -0.25) is 14.4 Å². The molecule has 32 heteroatoms. The molecule has 0 bridgehead atoms. The Morgan fingerprint density at radius 3 is 1.15 bits per heavy atom. The van der Waals surface area contributed by atoms with E-state index in [0.29, 0.717) is 110 Å². The summed E-state index contributed by atoms with van der Waals surface area (Å²) in [6.07, 6.45) is 11.3. The Balaban J connectivity index is 0.000000188. The first-order valence-electron chi connectivity index (χ1n) is 43.1. The zero-order valence-corrected chi connectivity index (χ0v) is 77.6. The molecule has 3 unspecified atom stereocenters. The van der Waals surface area contributed by atoms with E-state index in [1.165, 1.54) is 42.2 Å². The van der Waals surface area contributed by atoms with E-state index in [0.717, 1.165) is 68.9 Å². The van der Waals surface area contributed by atoms with Gasteiger partial charge >= 0.3 is 12.1 Å². The highest BCUT2D eigenvalue weighted by Crippen LogP contribution is 2.47. The number of nitrogens with one attached hydrogen (secondary N) is 8. The van der Waals surface area contributed by atoms with Gasteiger partial charge in [-0.2, -0.15) is 15.8 Å². The molecule has 7 amide bonds. The van der Waals surface area contributed by atoms with Crippen molar-refractivity contribution in [2.75, 3.05) is 67.5 Å². The number of rotatable bonds is 30. The number of carbonyl (C=O) groups is 5. The molecule has 14 rings (SSSR count). The lowest BCUT2D eigenvalue weighted by atomic mass is 9.79. The Bertz CT molecular complexity index is 5530. The number of ether oxygens (including phenoxy) is 3. The fraction of sp³-hybridized carbons (Fsp3) is 0.423. The van der Waals surface area contributed by atoms with Crippen LogP contribution in [0.1, 0.15) is 188 Å². The quantitative estimate of drug-likeness (QED) is 0.0202. The molecule has 6 fully saturated rings. The van der Waals surface area contributed by atoms with Gasteiger partial charge in [-0.1, -0.05) is 116 Å². The van der Waals surface area contributed by atoms with Gasteiger partial charge in [0, 0.05) is 75.2 Å². The molecule has 684 valence electrons. The largest absolute Gasteiger partial charge is 0.380 e. The van der Waals surface area contributed by atoms with Crippen LogP contribution < -0.4 is 47.1 Å². The minimum Gasteiger partial charge on any atom is -0.380 e. The smallest absolute Gasteiger partial charge is 0.322 e. The molecule has 0 spiro atoms. The molecule has 3 aliphatic carbocycles. The number of likely N-dealkylation sites (tertiary alicyclic amines) is 2. The van der Waals surface area contributed by atoms with E-state index in [4.69, 9.17) is 43.1 Å². The maximum Gasteiger partial charge on any atom is 0.322 e. The minimum absolute atomic E-state index is 0. The van der Waals surface area contributed by atoms with E-state index < -0.39 is 114 Å². The molecule has 11 atom stereocenters. The summed E-state index contributed by atoms with van der Waals surface area (Å²) in [5.41, 5.74) is 10.5. The molecular formula is C97H112Cl3F3N14O10S2. The maximum atomic E-state index is 15.6. The Labute approximate surface area is 774 Å². The van der Waals surface area contributed by atoms with E-state index in [1.807, 2.05) is 65.8 Å². The predicted molar refractivity (Wildman–Crippen MR) is 500 cm³/mol. The van der Waals surface area contributed by atoms with E-state index in [1.54, 1.807) is 141 Å². The monoisotopic (exact) mass is 1860 g/mol. The summed E-state index contributed by atoms with van der Waals surface area (Å²) in [6.45, 7) is 12.2. The van der Waals surface area contributed by atoms with Gasteiger partial charge in [0.15, 0.2) is 0 Å². The molecule has 129 heavy (non-hydrogen) atoms. The molecule has 3 aliphatic heterocycles. The van der Waals surface area contributed by atoms with E-state index >= 15 is 13.2 Å². The number of nitrogens with zero attached hydrogens (tertiary/aromatic N) is 5. The molecule has 6 aliphatic rings. The van der Waals surface area contributed by atoms with Gasteiger partial charge in [0.1, 0.15) is 29.5 Å². The first-order valence-corrected chi connectivity index (χ1v) is 46.1. The van der Waals surface area contributed by atoms with E-state index in [9.17, 15) is 48.2 Å². The van der Waals surface area contributed by atoms with Crippen LogP contribution in [-0.2, 0) is 67.2 Å². The molecule has 0 aromatic heterocycles. The lowest BCUT2D eigenvalue weighted by molar-refractivity contribution is -0.120. The number of nitriles is 3. The molecule has 8 aromatic carbocycles. The highest BCUT2D eigenvalue weighted by molar-refractivity contribution is 7.84. The zero-order valence-electron chi connectivity index (χ0n) is 73.7. The van der Waals surface area contributed by atoms with E-state index in [-0.39, 0.29) is 73.5 Å². The van der Waals surface area contributed by atoms with E-state index in [2.05, 4.69) is 59.6 Å². The molecule has 3 saturated carbocycles. The van der Waals surface area contributed by atoms with Crippen LogP contribution >= 0.6 is 35.6 Å². The summed E-state index contributed by atoms with van der Waals surface area (Å²) in [5.74, 6) is -1.57. The summed E-state index contributed by atoms with van der Waals surface area (Å²) in [7, 11) is 1.61. The highest BCUT2D eigenvalue weighted by Gasteiger charge is 2.47. The Kier molecular flexibility index (Phi) is 33.7. The number of carbonyl (C=O) groups excluding carboxylic acids is 5. The summed E-state index contributed by atoms with van der Waals surface area (Å²) >= 11 is 11.9. The van der Waals surface area contributed by atoms with Crippen LogP contribution in [0.15, 0.2) is 176 Å². The lowest BCUT2D eigenvalue weighted by Crippen LogP contribution is -2.49. The first kappa shape index (κ1) is 99.4. The Hall–Kier alpha value is -10.1. The second-order valence-electron chi connectivity index (χ2n) is 35.8. The molecule has 8 aromatic rings. The number of urea groups is 2. The van der Waals surface area contributed by atoms with Crippen molar-refractivity contribution in [3.8, 4) is 18.2 Å². The first-order chi connectivity index (χ1) is 61.1. The zero-order chi connectivity index (χ0) is 92.0. The van der Waals surface area contributed by atoms with Crippen molar-refractivity contribution in [3.05, 3.63) is 253 Å². The second kappa shape index (κ2) is 43.7. The van der Waals surface area contributed by atoms with Gasteiger partial charge in [-0.15, -0.1) is 12.4 Å². The second-order valence-corrected chi connectivity index (χ2v) is 40.6. The van der Waals surface area contributed by atoms with Crippen LogP contribution in [-0.4, -0.2) is 135 Å². The lowest BCUT2D eigenvalue weighted by Gasteiger charge is -2.38. The van der Waals surface area contributed by atoms with Crippen molar-refractivity contribution in [2.24, 2.45) is 23.5 Å². The minimum atomic E-state index is -1.56. The van der Waals surface area contributed by atoms with Gasteiger partial charge in [-0.25, -0.2) is 40.6 Å². The molecule has 24 nitrogen and oxygen atoms in total. The summed E-state index contributed by atoms with van der Waals surface area (Å²) in [4.78, 5) is 69.6. The number of hydrogen-bond donors (Lipinski definition) is 9. The van der Waals surface area contributed by atoms with Gasteiger partial charge in [-0.05, 0) is 259 Å². The number of nitrogens with two attached hydrogens (primary N) is 1. The summed E-state index contributed by atoms with van der Waals surface area (Å²) < 4.78 is 95.0. The third kappa shape index (κ3) is 25.5. The highest BCUT2D eigenvalue weighted by atomic mass is 35.5. The normalized spacial score (nSPS) is 20.1. The topological polar surface area (TPSA) is 347 Å². The van der Waals surface area contributed by atoms with Crippen molar-refractivity contribution in [1.29, 1.82) is 15.8 Å². The molecule has 3 saturated heterocycles. The number of methoxy groups -OCH3 is 3. The molecule has 3 heterocycles. The van der Waals surface area contributed by atoms with Gasteiger partial charge in [0.25, 0.3) is 0 Å². The average Bonchev–Trinajstić information content (AvgIpc) is 1.69. The fourth-order valence-corrected chi connectivity index (χ4v) is 18.3. The number of benzene rings is 8. The number of amides is 7. The Morgan fingerprint density at radius 2 is 0.791 bits per heavy atom. The Morgan fingerprint density at radius 1 is 0.457 bits per heavy atom. The third-order valence-electron chi connectivity index (χ3n) is 24.4. The van der Waals surface area contributed by atoms with Crippen LogP contribution in [0.3, 0.4) is 0 Å². The summed E-state index contributed by atoms with van der Waals surface area (Å²) in [5, 5.41) is 46.7. The SMILES string of the molecule is CO[C@@H]1C[C@H](C(=O)Nc2cc(C(CCC3CC3)(N[S@](=O)C(C)(C)C)c3cccc(C#N)c3)ccc2F)N(C(=O)Nc2ccc(Cl)cc2)C1.CO[C@@H]1C[C@H](C(=O)Nc2cc(C(N)(CCC3CC3)c3cccc(C#N)c3)ccc2F)N(C(=O)Nc2ccc(Cl)cc2)C1.CO[C@H]1CN[C@@H](C(=O)Nc2cc(C(CCC3CC3)(N[S@](=O)C(C)(C)C)c3cccc(C#N)c3)ccc2F)C1.Cl. The van der Waals surface area contributed by atoms with Gasteiger partial charge in [0.2, 0.25) is 17.7 Å². The summed E-state index contributed by atoms with van der Waals surface area (Å²) in [6, 6.07) is 51.6. The van der Waals surface area contributed by atoms with Crippen molar-refractivity contribution in [3.63, 3.8) is 0 Å².